The predicted octanol–water partition coefficient (Wildman–Crippen LogP) is 8.81. The van der Waals surface area contributed by atoms with Gasteiger partial charge in [-0.1, -0.05) is 86.5 Å². The van der Waals surface area contributed by atoms with Gasteiger partial charge in [0.1, 0.15) is 11.8 Å². The van der Waals surface area contributed by atoms with Gasteiger partial charge < -0.3 is 10.0 Å². The number of ketones is 1. The van der Waals surface area contributed by atoms with E-state index in [4.69, 9.17) is 15.0 Å². The maximum Gasteiger partial charge on any atom is 0.231 e. The zero-order valence-corrected chi connectivity index (χ0v) is 30.7. The molecule has 1 aromatic heterocycles. The molecule has 8 heteroatoms. The molecule has 1 N–H and O–H groups in total. The molecule has 0 aliphatic carbocycles. The number of hydrogen-bond donors (Lipinski definition) is 1. The van der Waals surface area contributed by atoms with Crippen LogP contribution in [-0.4, -0.2) is 38.8 Å². The second-order valence-corrected chi connectivity index (χ2v) is 14.2. The Kier molecular flexibility index (Phi) is 10.3. The van der Waals surface area contributed by atoms with E-state index in [-0.39, 0.29) is 29.4 Å². The maximum absolute atomic E-state index is 13.7. The van der Waals surface area contributed by atoms with Crippen LogP contribution in [0.1, 0.15) is 66.6 Å². The van der Waals surface area contributed by atoms with E-state index < -0.39 is 5.41 Å². The fraction of sp³-hybridized carbons (Fsp3) is 0.256. The Labute approximate surface area is 300 Å². The Morgan fingerprint density at radius 2 is 1.29 bits per heavy atom. The van der Waals surface area contributed by atoms with Gasteiger partial charge in [0.2, 0.25) is 5.91 Å². The summed E-state index contributed by atoms with van der Waals surface area (Å²) in [5, 5.41) is 21.1. The largest absolute Gasteiger partial charge is 0.507 e. The van der Waals surface area contributed by atoms with Crippen LogP contribution in [0.15, 0.2) is 78.4 Å². The Bertz CT molecular complexity index is 2170. The molecule has 5 aromatic rings. The number of aryl methyl sites for hydroxylation is 4. The Hall–Kier alpha value is -5.94. The first-order valence-electron chi connectivity index (χ1n) is 16.8. The van der Waals surface area contributed by atoms with Crippen LogP contribution in [0.4, 0.5) is 5.69 Å². The number of nitriles is 1. The number of aromatic hydroxyl groups is 1. The van der Waals surface area contributed by atoms with E-state index in [1.54, 1.807) is 42.3 Å². The van der Waals surface area contributed by atoms with Crippen molar-refractivity contribution in [3.63, 3.8) is 0 Å². The zero-order chi connectivity index (χ0) is 37.2. The summed E-state index contributed by atoms with van der Waals surface area (Å²) in [4.78, 5) is 41.8. The maximum atomic E-state index is 13.7. The molecule has 8 nitrogen and oxygen atoms in total. The molecule has 0 saturated heterocycles. The summed E-state index contributed by atoms with van der Waals surface area (Å²) in [6.45, 7) is 15.5. The number of carbonyl (C=O) groups excluding carboxylic acids is 2. The normalized spacial score (nSPS) is 11.6. The van der Waals surface area contributed by atoms with Gasteiger partial charge in [-0.15, -0.1) is 0 Å². The Morgan fingerprint density at radius 1 is 0.784 bits per heavy atom. The highest BCUT2D eigenvalue weighted by molar-refractivity contribution is 6.01. The third-order valence-electron chi connectivity index (χ3n) is 8.92. The number of benzene rings is 4. The van der Waals surface area contributed by atoms with E-state index in [2.05, 4.69) is 12.1 Å². The number of anilines is 1. The standard InChI is InChI=1S/C43H43N5O3/c1-25-10-16-34(27(3)18-25)40-45-41(35-17-11-26(2)19-28(35)4)47-42(46-40)36-21-31(22-37(39(36)51)43(6,7)8)23-38(50)48(9)33-14-12-30(13-15-33)20-32(24-44)29(5)49/h10-22,51H,23H2,1-9H3/b32-20+. The summed E-state index contributed by atoms with van der Waals surface area (Å²) in [6.07, 6.45) is 1.58. The topological polar surface area (TPSA) is 120 Å². The van der Waals surface area contributed by atoms with Crippen molar-refractivity contribution in [2.24, 2.45) is 0 Å². The molecule has 0 bridgehead atoms. The van der Waals surface area contributed by atoms with Crippen molar-refractivity contribution < 1.29 is 14.7 Å². The molecule has 0 atom stereocenters. The van der Waals surface area contributed by atoms with Crippen molar-refractivity contribution in [2.45, 2.75) is 67.2 Å². The average molecular weight is 678 g/mol. The summed E-state index contributed by atoms with van der Waals surface area (Å²) in [6, 6.07) is 24.9. The second-order valence-electron chi connectivity index (χ2n) is 14.2. The zero-order valence-electron chi connectivity index (χ0n) is 30.7. The minimum Gasteiger partial charge on any atom is -0.507 e. The highest BCUT2D eigenvalue weighted by Gasteiger charge is 2.26. The molecule has 0 fully saturated rings. The summed E-state index contributed by atoms with van der Waals surface area (Å²) in [7, 11) is 1.70. The molecule has 258 valence electrons. The van der Waals surface area contributed by atoms with Gasteiger partial charge in [-0.2, -0.15) is 5.26 Å². The minimum atomic E-state index is -0.463. The Morgan fingerprint density at radius 3 is 1.75 bits per heavy atom. The van der Waals surface area contributed by atoms with E-state index in [9.17, 15) is 20.0 Å². The summed E-state index contributed by atoms with van der Waals surface area (Å²) in [5.41, 5.74) is 8.76. The number of aromatic nitrogens is 3. The van der Waals surface area contributed by atoms with Crippen molar-refractivity contribution in [1.29, 1.82) is 5.26 Å². The van der Waals surface area contributed by atoms with E-state index in [0.717, 1.165) is 33.4 Å². The summed E-state index contributed by atoms with van der Waals surface area (Å²) >= 11 is 0. The number of carbonyl (C=O) groups is 2. The molecule has 1 amide bonds. The summed E-state index contributed by atoms with van der Waals surface area (Å²) < 4.78 is 0. The first-order chi connectivity index (χ1) is 24.0. The lowest BCUT2D eigenvalue weighted by atomic mass is 9.83. The van der Waals surface area contributed by atoms with Crippen LogP contribution < -0.4 is 4.90 Å². The van der Waals surface area contributed by atoms with Gasteiger partial charge in [-0.3, -0.25) is 9.59 Å². The molecule has 0 aliphatic heterocycles. The number of amides is 1. The number of phenolic OH excluding ortho intramolecular Hbond substituents is 1. The van der Waals surface area contributed by atoms with Crippen LogP contribution in [0.2, 0.25) is 0 Å². The van der Waals surface area contributed by atoms with Gasteiger partial charge in [0.05, 0.1) is 17.6 Å². The highest BCUT2D eigenvalue weighted by Crippen LogP contribution is 2.40. The van der Waals surface area contributed by atoms with Crippen molar-refractivity contribution in [1.82, 2.24) is 15.0 Å². The molecule has 0 aliphatic rings. The number of Topliss-reactive ketones (excluding diaryl/α,β-unsaturated/α-hetero) is 1. The third kappa shape index (κ3) is 8.11. The second kappa shape index (κ2) is 14.5. The number of allylic oxidation sites excluding steroid dienone is 1. The number of hydrogen-bond acceptors (Lipinski definition) is 7. The van der Waals surface area contributed by atoms with Gasteiger partial charge in [-0.05, 0) is 86.6 Å². The van der Waals surface area contributed by atoms with Crippen LogP contribution in [0.3, 0.4) is 0 Å². The molecule has 0 unspecified atom stereocenters. The molecule has 0 saturated carbocycles. The first-order valence-corrected chi connectivity index (χ1v) is 16.8. The molecule has 0 spiro atoms. The van der Waals surface area contributed by atoms with Gasteiger partial charge in [-0.25, -0.2) is 15.0 Å². The fourth-order valence-electron chi connectivity index (χ4n) is 6.02. The van der Waals surface area contributed by atoms with Crippen molar-refractivity contribution >= 4 is 23.5 Å². The molecular weight excluding hydrogens is 635 g/mol. The molecular formula is C43H43N5O3. The first kappa shape index (κ1) is 36.3. The van der Waals surface area contributed by atoms with Gasteiger partial charge >= 0.3 is 0 Å². The molecule has 0 radical (unpaired) electrons. The van der Waals surface area contributed by atoms with E-state index in [0.29, 0.717) is 45.4 Å². The van der Waals surface area contributed by atoms with E-state index >= 15 is 0 Å². The fourth-order valence-corrected chi connectivity index (χ4v) is 6.02. The molecule has 1 heterocycles. The van der Waals surface area contributed by atoms with Gasteiger partial charge in [0.25, 0.3) is 0 Å². The van der Waals surface area contributed by atoms with Gasteiger partial charge in [0, 0.05) is 29.4 Å². The van der Waals surface area contributed by atoms with Crippen LogP contribution in [-0.2, 0) is 21.4 Å². The van der Waals surface area contributed by atoms with Gasteiger partial charge in [0.15, 0.2) is 23.3 Å². The number of phenols is 1. The van der Waals surface area contributed by atoms with Crippen LogP contribution in [0.5, 0.6) is 5.75 Å². The van der Waals surface area contributed by atoms with E-state index in [1.165, 1.54) is 13.0 Å². The summed E-state index contributed by atoms with van der Waals surface area (Å²) in [5.74, 6) is 0.882. The van der Waals surface area contributed by atoms with Crippen LogP contribution in [0, 0.1) is 39.0 Å². The highest BCUT2D eigenvalue weighted by atomic mass is 16.3. The molecule has 51 heavy (non-hydrogen) atoms. The van der Waals surface area contributed by atoms with E-state index in [1.807, 2.05) is 84.9 Å². The molecule has 4 aromatic carbocycles. The quantitative estimate of drug-likeness (QED) is 0.129. The lowest BCUT2D eigenvalue weighted by Gasteiger charge is -2.24. The minimum absolute atomic E-state index is 0.0520. The number of nitrogens with zero attached hydrogens (tertiary/aromatic N) is 5. The van der Waals surface area contributed by atoms with Crippen molar-refractivity contribution in [2.75, 3.05) is 11.9 Å². The molecule has 5 rings (SSSR count). The average Bonchev–Trinajstić information content (AvgIpc) is 3.07. The Balaban J connectivity index is 1.60. The van der Waals surface area contributed by atoms with Crippen molar-refractivity contribution in [3.05, 3.63) is 117 Å². The van der Waals surface area contributed by atoms with Crippen LogP contribution >= 0.6 is 0 Å². The SMILES string of the molecule is CC(=O)/C(C#N)=C/c1ccc(N(C)C(=O)Cc2cc(-c3nc(-c4ccc(C)cc4C)nc(-c4ccc(C)cc4C)n3)c(O)c(C(C)(C)C)c2)cc1. The predicted molar refractivity (Wildman–Crippen MR) is 203 cm³/mol. The monoisotopic (exact) mass is 677 g/mol. The van der Waals surface area contributed by atoms with Crippen molar-refractivity contribution in [3.8, 4) is 46.0 Å². The third-order valence-corrected chi connectivity index (χ3v) is 8.92. The lowest BCUT2D eigenvalue weighted by molar-refractivity contribution is -0.117. The number of likely N-dealkylation sites (N-methyl/N-ethyl adjacent to an activating group) is 1. The number of rotatable bonds is 8. The smallest absolute Gasteiger partial charge is 0.231 e. The lowest BCUT2D eigenvalue weighted by Crippen LogP contribution is -2.28. The van der Waals surface area contributed by atoms with Crippen LogP contribution in [0.25, 0.3) is 40.2 Å².